The quantitative estimate of drug-likeness (QED) is 0.767. The summed E-state index contributed by atoms with van der Waals surface area (Å²) in [7, 11) is -0.440. The Labute approximate surface area is 144 Å². The van der Waals surface area contributed by atoms with E-state index in [1.807, 2.05) is 33.9 Å². The Hall–Kier alpha value is -1.18. The standard InChI is InChI=1S/C16H19BBrFN2O2/c1-15(2)16(3,4)23-17(22-15)12-8-20-21(10-12)9-11-7-13(19)5-6-14(11)18/h5-8,10H,9H2,1-4H3. The number of aromatic nitrogens is 2. The highest BCUT2D eigenvalue weighted by Crippen LogP contribution is 2.36. The molecule has 0 unspecified atom stereocenters. The van der Waals surface area contributed by atoms with Crippen molar-refractivity contribution in [2.45, 2.75) is 45.4 Å². The third-order valence-electron chi connectivity index (χ3n) is 4.52. The molecule has 0 saturated carbocycles. The first kappa shape index (κ1) is 16.7. The van der Waals surface area contributed by atoms with E-state index in [9.17, 15) is 4.39 Å². The number of rotatable bonds is 3. The van der Waals surface area contributed by atoms with Crippen LogP contribution in [0, 0.1) is 5.82 Å². The first-order valence-electron chi connectivity index (χ1n) is 7.50. The molecule has 0 amide bonds. The zero-order valence-corrected chi connectivity index (χ0v) is 15.2. The molecule has 1 aliphatic rings. The van der Waals surface area contributed by atoms with Gasteiger partial charge in [-0.2, -0.15) is 5.10 Å². The van der Waals surface area contributed by atoms with E-state index in [0.717, 1.165) is 15.5 Å². The van der Waals surface area contributed by atoms with E-state index in [-0.39, 0.29) is 17.0 Å². The minimum atomic E-state index is -0.440. The molecule has 3 rings (SSSR count). The van der Waals surface area contributed by atoms with E-state index < -0.39 is 7.12 Å². The molecular formula is C16H19BBrFN2O2. The Morgan fingerprint density at radius 2 is 1.87 bits per heavy atom. The summed E-state index contributed by atoms with van der Waals surface area (Å²) in [6.07, 6.45) is 3.61. The van der Waals surface area contributed by atoms with Crippen molar-refractivity contribution < 1.29 is 13.7 Å². The van der Waals surface area contributed by atoms with Crippen molar-refractivity contribution in [3.8, 4) is 0 Å². The number of hydrogen-bond acceptors (Lipinski definition) is 3. The minimum absolute atomic E-state index is 0.262. The van der Waals surface area contributed by atoms with Gasteiger partial charge in [-0.25, -0.2) is 4.39 Å². The van der Waals surface area contributed by atoms with Crippen LogP contribution < -0.4 is 5.46 Å². The van der Waals surface area contributed by atoms with Crippen molar-refractivity contribution >= 4 is 28.5 Å². The van der Waals surface area contributed by atoms with Crippen molar-refractivity contribution in [2.24, 2.45) is 0 Å². The Bertz CT molecular complexity index is 717. The van der Waals surface area contributed by atoms with Gasteiger partial charge in [-0.3, -0.25) is 4.68 Å². The highest BCUT2D eigenvalue weighted by molar-refractivity contribution is 9.10. The molecule has 122 valence electrons. The molecule has 0 radical (unpaired) electrons. The molecule has 7 heteroatoms. The summed E-state index contributed by atoms with van der Waals surface area (Å²) in [4.78, 5) is 0. The largest absolute Gasteiger partial charge is 0.498 e. The molecule has 23 heavy (non-hydrogen) atoms. The SMILES string of the molecule is CC1(C)OB(c2cnn(Cc3cc(F)ccc3Br)c2)OC1(C)C. The fraction of sp³-hybridized carbons (Fsp3) is 0.438. The normalized spacial score (nSPS) is 19.3. The van der Waals surface area contributed by atoms with Crippen LogP contribution in [-0.2, 0) is 15.9 Å². The van der Waals surface area contributed by atoms with Crippen LogP contribution in [0.3, 0.4) is 0 Å². The lowest BCUT2D eigenvalue weighted by Gasteiger charge is -2.32. The number of benzene rings is 1. The summed E-state index contributed by atoms with van der Waals surface area (Å²) in [6, 6.07) is 4.62. The van der Waals surface area contributed by atoms with Crippen LogP contribution in [-0.4, -0.2) is 28.1 Å². The average molecular weight is 381 g/mol. The van der Waals surface area contributed by atoms with Crippen LogP contribution in [0.25, 0.3) is 0 Å². The second-order valence-electron chi connectivity index (χ2n) is 6.80. The van der Waals surface area contributed by atoms with Crippen LogP contribution in [0.2, 0.25) is 0 Å². The topological polar surface area (TPSA) is 36.3 Å². The lowest BCUT2D eigenvalue weighted by molar-refractivity contribution is 0.00578. The first-order chi connectivity index (χ1) is 10.7. The van der Waals surface area contributed by atoms with Crippen LogP contribution >= 0.6 is 15.9 Å². The maximum Gasteiger partial charge on any atom is 0.498 e. The summed E-state index contributed by atoms with van der Waals surface area (Å²) in [5.74, 6) is -0.262. The molecule has 4 nitrogen and oxygen atoms in total. The Morgan fingerprint density at radius 3 is 2.52 bits per heavy atom. The molecule has 0 spiro atoms. The van der Waals surface area contributed by atoms with E-state index in [1.54, 1.807) is 16.9 Å². The molecule has 0 atom stereocenters. The Balaban J connectivity index is 1.78. The summed E-state index contributed by atoms with van der Waals surface area (Å²) in [5.41, 5.74) is 0.918. The van der Waals surface area contributed by atoms with Crippen molar-refractivity contribution in [1.82, 2.24) is 9.78 Å². The van der Waals surface area contributed by atoms with Gasteiger partial charge in [0, 0.05) is 22.3 Å². The maximum atomic E-state index is 13.4. The fourth-order valence-electron chi connectivity index (χ4n) is 2.41. The monoisotopic (exact) mass is 380 g/mol. The molecule has 0 bridgehead atoms. The van der Waals surface area contributed by atoms with Gasteiger partial charge in [0.1, 0.15) is 5.82 Å². The molecule has 1 aromatic carbocycles. The summed E-state index contributed by atoms with van der Waals surface area (Å²) in [6.45, 7) is 8.53. The predicted octanol–water partition coefficient (Wildman–Crippen LogP) is 3.13. The first-order valence-corrected chi connectivity index (χ1v) is 8.29. The van der Waals surface area contributed by atoms with E-state index in [0.29, 0.717) is 6.54 Å². The fourth-order valence-corrected chi connectivity index (χ4v) is 2.78. The van der Waals surface area contributed by atoms with Gasteiger partial charge in [0.15, 0.2) is 0 Å². The third-order valence-corrected chi connectivity index (χ3v) is 5.29. The molecule has 1 aliphatic heterocycles. The van der Waals surface area contributed by atoms with Gasteiger partial charge < -0.3 is 9.31 Å². The second kappa shape index (κ2) is 5.72. The molecule has 1 saturated heterocycles. The lowest BCUT2D eigenvalue weighted by atomic mass is 9.82. The van der Waals surface area contributed by atoms with Crippen molar-refractivity contribution in [3.63, 3.8) is 0 Å². The molecule has 2 aromatic rings. The molecule has 0 N–H and O–H groups in total. The van der Waals surface area contributed by atoms with Crippen LogP contribution in [0.4, 0.5) is 4.39 Å². The van der Waals surface area contributed by atoms with Crippen molar-refractivity contribution in [1.29, 1.82) is 0 Å². The van der Waals surface area contributed by atoms with Crippen LogP contribution in [0.1, 0.15) is 33.3 Å². The third kappa shape index (κ3) is 3.23. The van der Waals surface area contributed by atoms with Gasteiger partial charge in [-0.05, 0) is 51.5 Å². The Kier molecular flexibility index (Phi) is 4.15. The predicted molar refractivity (Wildman–Crippen MR) is 91.1 cm³/mol. The van der Waals surface area contributed by atoms with E-state index in [2.05, 4.69) is 21.0 Å². The van der Waals surface area contributed by atoms with Crippen molar-refractivity contribution in [2.75, 3.05) is 0 Å². The van der Waals surface area contributed by atoms with Gasteiger partial charge >= 0.3 is 7.12 Å². The second-order valence-corrected chi connectivity index (χ2v) is 7.65. The maximum absolute atomic E-state index is 13.4. The molecule has 1 fully saturated rings. The van der Waals surface area contributed by atoms with Gasteiger partial charge in [0.05, 0.1) is 17.7 Å². The zero-order valence-electron chi connectivity index (χ0n) is 13.6. The van der Waals surface area contributed by atoms with Crippen LogP contribution in [0.15, 0.2) is 35.1 Å². The van der Waals surface area contributed by atoms with Gasteiger partial charge in [-0.1, -0.05) is 15.9 Å². The van der Waals surface area contributed by atoms with Gasteiger partial charge in [0.2, 0.25) is 0 Å². The summed E-state index contributed by atoms with van der Waals surface area (Å²) < 4.78 is 28.0. The number of hydrogen-bond donors (Lipinski definition) is 0. The highest BCUT2D eigenvalue weighted by Gasteiger charge is 2.52. The minimum Gasteiger partial charge on any atom is -0.399 e. The van der Waals surface area contributed by atoms with E-state index in [1.165, 1.54) is 12.1 Å². The molecular weight excluding hydrogens is 362 g/mol. The van der Waals surface area contributed by atoms with E-state index >= 15 is 0 Å². The summed E-state index contributed by atoms with van der Waals surface area (Å²) >= 11 is 3.43. The van der Waals surface area contributed by atoms with Gasteiger partial charge in [-0.15, -0.1) is 0 Å². The smallest absolute Gasteiger partial charge is 0.399 e. The number of halogens is 2. The molecule has 1 aromatic heterocycles. The van der Waals surface area contributed by atoms with Crippen molar-refractivity contribution in [3.05, 3.63) is 46.4 Å². The highest BCUT2D eigenvalue weighted by atomic mass is 79.9. The molecule has 2 heterocycles. The average Bonchev–Trinajstić information content (AvgIpc) is 2.97. The van der Waals surface area contributed by atoms with Crippen LogP contribution in [0.5, 0.6) is 0 Å². The van der Waals surface area contributed by atoms with Gasteiger partial charge in [0.25, 0.3) is 0 Å². The molecule has 0 aliphatic carbocycles. The lowest BCUT2D eigenvalue weighted by Crippen LogP contribution is -2.41. The number of nitrogens with zero attached hydrogens (tertiary/aromatic N) is 2. The Morgan fingerprint density at radius 1 is 1.22 bits per heavy atom. The zero-order chi connectivity index (χ0) is 16.8. The summed E-state index contributed by atoms with van der Waals surface area (Å²) in [5, 5.41) is 4.34. The van der Waals surface area contributed by atoms with E-state index in [4.69, 9.17) is 9.31 Å².